The number of nitrogens with zero attached hydrogens (tertiary/aromatic N) is 2. The Morgan fingerprint density at radius 3 is 2.53 bits per heavy atom. The van der Waals surface area contributed by atoms with Gasteiger partial charge in [-0.2, -0.15) is 0 Å². The van der Waals surface area contributed by atoms with Gasteiger partial charge in [-0.1, -0.05) is 42.5 Å². The number of ether oxygens (including phenoxy) is 2. The van der Waals surface area contributed by atoms with Gasteiger partial charge in [0.1, 0.15) is 18.1 Å². The SMILES string of the molecule is O=C(O)Oc1ccc2c(c1)C(SCCN1CCN(c3ccccc3)CC1)c1ccccc1CO2. The summed E-state index contributed by atoms with van der Waals surface area (Å²) in [5, 5.41) is 9.11. The Morgan fingerprint density at radius 2 is 1.74 bits per heavy atom. The van der Waals surface area contributed by atoms with Crippen LogP contribution >= 0.6 is 11.8 Å². The highest BCUT2D eigenvalue weighted by molar-refractivity contribution is 7.99. The summed E-state index contributed by atoms with van der Waals surface area (Å²) in [7, 11) is 0. The van der Waals surface area contributed by atoms with Gasteiger partial charge in [0, 0.05) is 49.7 Å². The maximum atomic E-state index is 11.1. The van der Waals surface area contributed by atoms with Gasteiger partial charge in [-0.3, -0.25) is 4.90 Å². The van der Waals surface area contributed by atoms with Crippen molar-refractivity contribution >= 4 is 23.6 Å². The number of anilines is 1. The summed E-state index contributed by atoms with van der Waals surface area (Å²) < 4.78 is 11.0. The summed E-state index contributed by atoms with van der Waals surface area (Å²) in [6.07, 6.45) is -1.31. The molecule has 1 N–H and O–H groups in total. The number of benzene rings is 3. The summed E-state index contributed by atoms with van der Waals surface area (Å²) >= 11 is 1.88. The van der Waals surface area contributed by atoms with E-state index >= 15 is 0 Å². The Kier molecular flexibility index (Phi) is 6.92. The van der Waals surface area contributed by atoms with Crippen molar-refractivity contribution < 1.29 is 19.4 Å². The molecule has 0 radical (unpaired) electrons. The molecular formula is C27H28N2O4S. The lowest BCUT2D eigenvalue weighted by molar-refractivity contribution is 0.144. The molecule has 176 valence electrons. The summed E-state index contributed by atoms with van der Waals surface area (Å²) in [4.78, 5) is 16.0. The minimum atomic E-state index is -1.31. The van der Waals surface area contributed by atoms with Crippen molar-refractivity contribution in [3.05, 3.63) is 89.5 Å². The monoisotopic (exact) mass is 476 g/mol. The van der Waals surface area contributed by atoms with E-state index in [4.69, 9.17) is 14.6 Å². The Morgan fingerprint density at radius 1 is 0.971 bits per heavy atom. The summed E-state index contributed by atoms with van der Waals surface area (Å²) in [6.45, 7) is 5.68. The molecule has 7 heteroatoms. The van der Waals surface area contributed by atoms with Crippen molar-refractivity contribution in [2.45, 2.75) is 11.9 Å². The number of hydrogen-bond acceptors (Lipinski definition) is 6. The first-order valence-corrected chi connectivity index (χ1v) is 12.6. The fourth-order valence-electron chi connectivity index (χ4n) is 4.62. The smallest absolute Gasteiger partial charge is 0.489 e. The molecule has 2 aliphatic heterocycles. The normalized spacial score (nSPS) is 17.8. The van der Waals surface area contributed by atoms with Crippen LogP contribution in [0.15, 0.2) is 72.8 Å². The van der Waals surface area contributed by atoms with Gasteiger partial charge < -0.3 is 19.5 Å². The predicted molar refractivity (Wildman–Crippen MR) is 135 cm³/mol. The number of carboxylic acid groups (broad SMARTS) is 1. The average Bonchev–Trinajstić information content (AvgIpc) is 3.02. The minimum absolute atomic E-state index is 0.0525. The van der Waals surface area contributed by atoms with Crippen LogP contribution in [0.5, 0.6) is 11.5 Å². The van der Waals surface area contributed by atoms with E-state index in [2.05, 4.69) is 58.3 Å². The van der Waals surface area contributed by atoms with Crippen molar-refractivity contribution in [2.75, 3.05) is 43.4 Å². The number of piperazine rings is 1. The van der Waals surface area contributed by atoms with Crippen LogP contribution in [0.1, 0.15) is 21.9 Å². The zero-order valence-electron chi connectivity index (χ0n) is 18.9. The van der Waals surface area contributed by atoms with Gasteiger partial charge in [0.2, 0.25) is 0 Å². The van der Waals surface area contributed by atoms with Crippen LogP contribution in [0.25, 0.3) is 0 Å². The third kappa shape index (κ3) is 5.16. The molecule has 1 saturated heterocycles. The zero-order chi connectivity index (χ0) is 23.3. The van der Waals surface area contributed by atoms with E-state index in [1.165, 1.54) is 11.3 Å². The van der Waals surface area contributed by atoms with Crippen molar-refractivity contribution in [3.8, 4) is 11.5 Å². The summed E-state index contributed by atoms with van der Waals surface area (Å²) in [5.41, 5.74) is 4.63. The molecule has 1 fully saturated rings. The fourth-order valence-corrected chi connectivity index (χ4v) is 5.99. The lowest BCUT2D eigenvalue weighted by atomic mass is 10.00. The highest BCUT2D eigenvalue weighted by Crippen LogP contribution is 2.45. The van der Waals surface area contributed by atoms with Gasteiger partial charge in [0.05, 0.1) is 5.25 Å². The molecule has 6 nitrogen and oxygen atoms in total. The van der Waals surface area contributed by atoms with Gasteiger partial charge in [0.25, 0.3) is 0 Å². The molecule has 0 aliphatic carbocycles. The number of para-hydroxylation sites is 1. The Bertz CT molecular complexity index is 1130. The van der Waals surface area contributed by atoms with Crippen LogP contribution < -0.4 is 14.4 Å². The Balaban J connectivity index is 1.27. The first-order chi connectivity index (χ1) is 16.7. The molecule has 5 rings (SSSR count). The topological polar surface area (TPSA) is 62.2 Å². The predicted octanol–water partition coefficient (Wildman–Crippen LogP) is 5.28. The minimum Gasteiger partial charge on any atom is -0.489 e. The lowest BCUT2D eigenvalue weighted by Crippen LogP contribution is -2.47. The second-order valence-electron chi connectivity index (χ2n) is 8.47. The first-order valence-electron chi connectivity index (χ1n) is 11.6. The average molecular weight is 477 g/mol. The molecule has 3 aromatic rings. The van der Waals surface area contributed by atoms with E-state index in [1.807, 2.05) is 30.0 Å². The third-order valence-corrected chi connectivity index (χ3v) is 7.63. The molecule has 1 atom stereocenters. The molecule has 0 spiro atoms. The lowest BCUT2D eigenvalue weighted by Gasteiger charge is -2.36. The molecule has 0 bridgehead atoms. The van der Waals surface area contributed by atoms with Crippen LogP contribution in [0, 0.1) is 0 Å². The van der Waals surface area contributed by atoms with Crippen molar-refractivity contribution in [2.24, 2.45) is 0 Å². The molecule has 0 amide bonds. The van der Waals surface area contributed by atoms with Crippen LogP contribution in [0.4, 0.5) is 10.5 Å². The molecular weight excluding hydrogens is 448 g/mol. The maximum absolute atomic E-state index is 11.1. The highest BCUT2D eigenvalue weighted by Gasteiger charge is 2.26. The largest absolute Gasteiger partial charge is 0.511 e. The molecule has 0 saturated carbocycles. The van der Waals surface area contributed by atoms with Crippen LogP contribution in [0.2, 0.25) is 0 Å². The molecule has 34 heavy (non-hydrogen) atoms. The second kappa shape index (κ2) is 10.4. The zero-order valence-corrected chi connectivity index (χ0v) is 19.7. The molecule has 3 aromatic carbocycles. The summed E-state index contributed by atoms with van der Waals surface area (Å²) in [5.74, 6) is 2.06. The van der Waals surface area contributed by atoms with E-state index < -0.39 is 6.16 Å². The van der Waals surface area contributed by atoms with Gasteiger partial charge in [0.15, 0.2) is 0 Å². The summed E-state index contributed by atoms with van der Waals surface area (Å²) in [6, 6.07) is 24.2. The highest BCUT2D eigenvalue weighted by atomic mass is 32.2. The molecule has 0 aromatic heterocycles. The van der Waals surface area contributed by atoms with Gasteiger partial charge in [-0.15, -0.1) is 11.8 Å². The molecule has 1 unspecified atom stereocenters. The van der Waals surface area contributed by atoms with Crippen LogP contribution in [0.3, 0.4) is 0 Å². The number of rotatable bonds is 6. The number of fused-ring (bicyclic) bond motifs is 2. The fraction of sp³-hybridized carbons (Fsp3) is 0.296. The van der Waals surface area contributed by atoms with E-state index in [1.54, 1.807) is 6.07 Å². The number of hydrogen-bond donors (Lipinski definition) is 1. The number of carbonyl (C=O) groups is 1. The first kappa shape index (κ1) is 22.6. The van der Waals surface area contributed by atoms with Crippen LogP contribution in [-0.2, 0) is 6.61 Å². The Hall–Kier alpha value is -3.16. The molecule has 2 heterocycles. The van der Waals surface area contributed by atoms with E-state index in [-0.39, 0.29) is 5.25 Å². The van der Waals surface area contributed by atoms with Crippen LogP contribution in [-0.4, -0.2) is 54.6 Å². The van der Waals surface area contributed by atoms with Crippen molar-refractivity contribution in [3.63, 3.8) is 0 Å². The second-order valence-corrected chi connectivity index (χ2v) is 9.68. The quantitative estimate of drug-likeness (QED) is 0.384. The van der Waals surface area contributed by atoms with E-state index in [0.717, 1.165) is 55.4 Å². The van der Waals surface area contributed by atoms with Gasteiger partial charge in [-0.05, 0) is 41.5 Å². The van der Waals surface area contributed by atoms with Crippen molar-refractivity contribution in [1.29, 1.82) is 0 Å². The Labute approximate surface area is 204 Å². The number of thioether (sulfide) groups is 1. The van der Waals surface area contributed by atoms with Gasteiger partial charge in [-0.25, -0.2) is 4.79 Å². The third-order valence-electron chi connectivity index (χ3n) is 6.38. The van der Waals surface area contributed by atoms with Gasteiger partial charge >= 0.3 is 6.16 Å². The van der Waals surface area contributed by atoms with E-state index in [9.17, 15) is 4.79 Å². The van der Waals surface area contributed by atoms with Crippen molar-refractivity contribution in [1.82, 2.24) is 4.90 Å². The standard InChI is InChI=1S/C27H28N2O4S/c30-27(31)33-22-10-11-25-24(18-22)26(23-9-5-4-6-20(23)19-32-25)34-17-16-28-12-14-29(15-13-28)21-7-2-1-3-8-21/h1-11,18,26H,12-17,19H2,(H,30,31). The van der Waals surface area contributed by atoms with E-state index in [0.29, 0.717) is 12.4 Å². The molecule has 2 aliphatic rings. The maximum Gasteiger partial charge on any atom is 0.511 e.